The van der Waals surface area contributed by atoms with Crippen molar-refractivity contribution in [1.82, 2.24) is 9.80 Å². The molecule has 2 aromatic rings. The third-order valence-corrected chi connectivity index (χ3v) is 6.00. The highest BCUT2D eigenvalue weighted by Crippen LogP contribution is 2.18. The van der Waals surface area contributed by atoms with Crippen molar-refractivity contribution in [3.05, 3.63) is 52.2 Å². The van der Waals surface area contributed by atoms with Crippen LogP contribution < -0.4 is 5.32 Å². The SMILES string of the molecule is CC(C)c1ccc(NC(=O)[C@@H](C)N2CCN(Cc3cccs3)CC2)cc1. The lowest BCUT2D eigenvalue weighted by atomic mass is 10.0. The number of anilines is 1. The maximum atomic E-state index is 12.6. The van der Waals surface area contributed by atoms with E-state index >= 15 is 0 Å². The van der Waals surface area contributed by atoms with Gasteiger partial charge in [-0.05, 0) is 42.0 Å². The summed E-state index contributed by atoms with van der Waals surface area (Å²) >= 11 is 1.81. The average Bonchev–Trinajstić information content (AvgIpc) is 3.15. The summed E-state index contributed by atoms with van der Waals surface area (Å²) < 4.78 is 0. The van der Waals surface area contributed by atoms with E-state index in [1.807, 2.05) is 30.4 Å². The first kappa shape index (κ1) is 19.1. The molecule has 1 aliphatic rings. The summed E-state index contributed by atoms with van der Waals surface area (Å²) in [6.07, 6.45) is 0. The van der Waals surface area contributed by atoms with Gasteiger partial charge in [-0.25, -0.2) is 0 Å². The smallest absolute Gasteiger partial charge is 0.241 e. The van der Waals surface area contributed by atoms with Crippen molar-refractivity contribution in [3.63, 3.8) is 0 Å². The fraction of sp³-hybridized carbons (Fsp3) is 0.476. The molecule has 1 saturated heterocycles. The van der Waals surface area contributed by atoms with Crippen molar-refractivity contribution in [3.8, 4) is 0 Å². The fourth-order valence-electron chi connectivity index (χ4n) is 3.30. The average molecular weight is 372 g/mol. The molecular weight excluding hydrogens is 342 g/mol. The zero-order valence-electron chi connectivity index (χ0n) is 15.9. The standard InChI is InChI=1S/C21H29N3OS/c1-16(2)18-6-8-19(9-7-18)22-21(25)17(3)24-12-10-23(11-13-24)15-20-5-4-14-26-20/h4-9,14,16-17H,10-13,15H2,1-3H3,(H,22,25)/t17-/m1/s1. The molecule has 0 aliphatic carbocycles. The second kappa shape index (κ2) is 8.80. The molecule has 1 fully saturated rings. The maximum absolute atomic E-state index is 12.6. The summed E-state index contributed by atoms with van der Waals surface area (Å²) in [5.41, 5.74) is 2.17. The van der Waals surface area contributed by atoms with E-state index in [1.165, 1.54) is 10.4 Å². The normalized spacial score (nSPS) is 17.4. The quantitative estimate of drug-likeness (QED) is 0.833. The number of amides is 1. The summed E-state index contributed by atoms with van der Waals surface area (Å²) in [4.78, 5) is 18.8. The van der Waals surface area contributed by atoms with Crippen LogP contribution in [-0.2, 0) is 11.3 Å². The second-order valence-corrected chi connectivity index (χ2v) is 8.37. The molecule has 4 nitrogen and oxygen atoms in total. The molecule has 2 heterocycles. The van der Waals surface area contributed by atoms with Gasteiger partial charge in [-0.15, -0.1) is 11.3 Å². The number of benzene rings is 1. The minimum Gasteiger partial charge on any atom is -0.325 e. The van der Waals surface area contributed by atoms with Crippen molar-refractivity contribution in [2.24, 2.45) is 0 Å². The summed E-state index contributed by atoms with van der Waals surface area (Å²) in [6, 6.07) is 12.4. The Morgan fingerprint density at radius 2 is 1.77 bits per heavy atom. The van der Waals surface area contributed by atoms with Crippen molar-refractivity contribution in [2.75, 3.05) is 31.5 Å². The predicted molar refractivity (Wildman–Crippen MR) is 110 cm³/mol. The number of piperazine rings is 1. The lowest BCUT2D eigenvalue weighted by Gasteiger charge is -2.37. The molecule has 0 radical (unpaired) electrons. The van der Waals surface area contributed by atoms with Crippen LogP contribution in [0.5, 0.6) is 0 Å². The molecule has 1 aliphatic heterocycles. The third kappa shape index (κ3) is 4.93. The molecular formula is C21H29N3OS. The van der Waals surface area contributed by atoms with E-state index < -0.39 is 0 Å². The molecule has 1 aromatic heterocycles. The van der Waals surface area contributed by atoms with Crippen LogP contribution >= 0.6 is 11.3 Å². The van der Waals surface area contributed by atoms with Crippen LogP contribution in [0, 0.1) is 0 Å². The highest BCUT2D eigenvalue weighted by Gasteiger charge is 2.25. The monoisotopic (exact) mass is 371 g/mol. The van der Waals surface area contributed by atoms with E-state index in [4.69, 9.17) is 0 Å². The van der Waals surface area contributed by atoms with Crippen molar-refractivity contribution in [1.29, 1.82) is 0 Å². The van der Waals surface area contributed by atoms with Gasteiger partial charge in [0, 0.05) is 43.3 Å². The Balaban J connectivity index is 1.48. The molecule has 5 heteroatoms. The number of thiophene rings is 1. The molecule has 1 amide bonds. The van der Waals surface area contributed by atoms with Gasteiger partial charge in [0.1, 0.15) is 0 Å². The Bertz CT molecular complexity index is 689. The van der Waals surface area contributed by atoms with E-state index in [1.54, 1.807) is 0 Å². The summed E-state index contributed by atoms with van der Waals surface area (Å²) in [7, 11) is 0. The number of carbonyl (C=O) groups is 1. The first-order valence-corrected chi connectivity index (χ1v) is 10.3. The molecule has 3 rings (SSSR count). The topological polar surface area (TPSA) is 35.6 Å². The van der Waals surface area contributed by atoms with Crippen molar-refractivity contribution >= 4 is 22.9 Å². The third-order valence-electron chi connectivity index (χ3n) is 5.14. The molecule has 140 valence electrons. The van der Waals surface area contributed by atoms with Gasteiger partial charge in [0.2, 0.25) is 5.91 Å². The summed E-state index contributed by atoms with van der Waals surface area (Å²) in [5, 5.41) is 5.19. The van der Waals surface area contributed by atoms with Gasteiger partial charge in [-0.3, -0.25) is 14.6 Å². The minimum absolute atomic E-state index is 0.0778. The van der Waals surface area contributed by atoms with Crippen LogP contribution in [0.1, 0.15) is 37.1 Å². The zero-order chi connectivity index (χ0) is 18.5. The van der Waals surface area contributed by atoms with E-state index in [0.717, 1.165) is 38.4 Å². The summed E-state index contributed by atoms with van der Waals surface area (Å²) in [5.74, 6) is 0.582. The van der Waals surface area contributed by atoms with Crippen LogP contribution in [-0.4, -0.2) is 47.9 Å². The van der Waals surface area contributed by atoms with Gasteiger partial charge in [-0.2, -0.15) is 0 Å². The van der Waals surface area contributed by atoms with Gasteiger partial charge in [0.25, 0.3) is 0 Å². The molecule has 0 bridgehead atoms. The molecule has 1 atom stereocenters. The number of nitrogens with zero attached hydrogens (tertiary/aromatic N) is 2. The van der Waals surface area contributed by atoms with Gasteiger partial charge in [0.05, 0.1) is 6.04 Å². The highest BCUT2D eigenvalue weighted by molar-refractivity contribution is 7.09. The Kier molecular flexibility index (Phi) is 6.46. The van der Waals surface area contributed by atoms with Crippen LogP contribution in [0.2, 0.25) is 0 Å². The first-order valence-electron chi connectivity index (χ1n) is 9.42. The summed E-state index contributed by atoms with van der Waals surface area (Å²) in [6.45, 7) is 11.3. The van der Waals surface area contributed by atoms with Gasteiger partial charge < -0.3 is 5.32 Å². The van der Waals surface area contributed by atoms with E-state index in [-0.39, 0.29) is 11.9 Å². The van der Waals surface area contributed by atoms with E-state index in [9.17, 15) is 4.79 Å². The Morgan fingerprint density at radius 3 is 2.35 bits per heavy atom. The highest BCUT2D eigenvalue weighted by atomic mass is 32.1. The van der Waals surface area contributed by atoms with Crippen LogP contribution in [0.4, 0.5) is 5.69 Å². The van der Waals surface area contributed by atoms with Crippen LogP contribution in [0.3, 0.4) is 0 Å². The number of hydrogen-bond donors (Lipinski definition) is 1. The Hall–Kier alpha value is -1.69. The molecule has 0 unspecified atom stereocenters. The van der Waals surface area contributed by atoms with E-state index in [2.05, 4.69) is 58.6 Å². The van der Waals surface area contributed by atoms with Crippen molar-refractivity contribution < 1.29 is 4.79 Å². The minimum atomic E-state index is -0.108. The molecule has 1 aromatic carbocycles. The lowest BCUT2D eigenvalue weighted by Crippen LogP contribution is -2.52. The second-order valence-electron chi connectivity index (χ2n) is 7.33. The Labute approximate surface area is 160 Å². The zero-order valence-corrected chi connectivity index (χ0v) is 16.8. The lowest BCUT2D eigenvalue weighted by molar-refractivity contribution is -0.121. The largest absolute Gasteiger partial charge is 0.325 e. The number of rotatable bonds is 6. The number of nitrogens with one attached hydrogen (secondary N) is 1. The first-order chi connectivity index (χ1) is 12.5. The van der Waals surface area contributed by atoms with Gasteiger partial charge in [-0.1, -0.05) is 32.0 Å². The van der Waals surface area contributed by atoms with Gasteiger partial charge in [0.15, 0.2) is 0 Å². The van der Waals surface area contributed by atoms with Gasteiger partial charge >= 0.3 is 0 Å². The van der Waals surface area contributed by atoms with Crippen molar-refractivity contribution in [2.45, 2.75) is 39.3 Å². The van der Waals surface area contributed by atoms with E-state index in [0.29, 0.717) is 5.92 Å². The predicted octanol–water partition coefficient (Wildman–Crippen LogP) is 4.02. The molecule has 1 N–H and O–H groups in total. The Morgan fingerprint density at radius 1 is 1.08 bits per heavy atom. The maximum Gasteiger partial charge on any atom is 0.241 e. The number of carbonyl (C=O) groups excluding carboxylic acids is 1. The molecule has 0 saturated carbocycles. The molecule has 0 spiro atoms. The van der Waals surface area contributed by atoms with Crippen LogP contribution in [0.15, 0.2) is 41.8 Å². The number of hydrogen-bond acceptors (Lipinski definition) is 4. The fourth-order valence-corrected chi connectivity index (χ4v) is 4.04. The molecule has 26 heavy (non-hydrogen) atoms. The van der Waals surface area contributed by atoms with Crippen LogP contribution in [0.25, 0.3) is 0 Å².